The van der Waals surface area contributed by atoms with E-state index in [0.29, 0.717) is 0 Å². The van der Waals surface area contributed by atoms with Crippen LogP contribution >= 0.6 is 22.9 Å². The Morgan fingerprint density at radius 1 is 1.24 bits per heavy atom. The van der Waals surface area contributed by atoms with Gasteiger partial charge in [0, 0.05) is 28.3 Å². The monoisotopic (exact) mass is 319 g/mol. The average molecular weight is 320 g/mol. The summed E-state index contributed by atoms with van der Waals surface area (Å²) in [7, 11) is 0. The Labute approximate surface area is 133 Å². The van der Waals surface area contributed by atoms with Crippen LogP contribution in [0.25, 0.3) is 11.0 Å². The third-order valence-electron chi connectivity index (χ3n) is 3.56. The zero-order valence-electron chi connectivity index (χ0n) is 11.9. The van der Waals surface area contributed by atoms with Crippen molar-refractivity contribution in [1.82, 2.24) is 5.32 Å². The van der Waals surface area contributed by atoms with Crippen LogP contribution in [0.5, 0.6) is 0 Å². The van der Waals surface area contributed by atoms with Crippen molar-refractivity contribution in [1.29, 1.82) is 0 Å². The first-order chi connectivity index (χ1) is 10.3. The van der Waals surface area contributed by atoms with Gasteiger partial charge in [0.05, 0.1) is 10.6 Å². The smallest absolute Gasteiger partial charge is 0.134 e. The first-order valence-electron chi connectivity index (χ1n) is 7.21. The van der Waals surface area contributed by atoms with Crippen LogP contribution in [-0.4, -0.2) is 6.54 Å². The summed E-state index contributed by atoms with van der Waals surface area (Å²) < 4.78 is 6.53. The van der Waals surface area contributed by atoms with Crippen molar-refractivity contribution in [2.45, 2.75) is 25.8 Å². The van der Waals surface area contributed by atoms with Gasteiger partial charge in [0.2, 0.25) is 0 Å². The Bertz CT molecular complexity index is 718. The third-order valence-corrected chi connectivity index (χ3v) is 4.81. The number of nitrogens with one attached hydrogen (secondary N) is 1. The topological polar surface area (TPSA) is 25.2 Å². The van der Waals surface area contributed by atoms with Crippen LogP contribution in [0.2, 0.25) is 4.34 Å². The van der Waals surface area contributed by atoms with E-state index in [9.17, 15) is 0 Å². The zero-order valence-corrected chi connectivity index (χ0v) is 13.5. The molecular weight excluding hydrogens is 302 g/mol. The van der Waals surface area contributed by atoms with Crippen molar-refractivity contribution >= 4 is 33.9 Å². The second-order valence-corrected chi connectivity index (χ2v) is 6.90. The summed E-state index contributed by atoms with van der Waals surface area (Å²) in [5.74, 6) is 0. The first-order valence-corrected chi connectivity index (χ1v) is 8.41. The predicted octanol–water partition coefficient (Wildman–Crippen LogP) is 5.43. The van der Waals surface area contributed by atoms with Gasteiger partial charge in [0.1, 0.15) is 5.58 Å². The van der Waals surface area contributed by atoms with E-state index >= 15 is 0 Å². The van der Waals surface area contributed by atoms with E-state index in [4.69, 9.17) is 16.0 Å². The van der Waals surface area contributed by atoms with E-state index in [0.717, 1.165) is 29.3 Å². The normalized spacial score (nSPS) is 12.9. The fourth-order valence-corrected chi connectivity index (χ4v) is 3.67. The number of fused-ring (bicyclic) bond motifs is 1. The zero-order chi connectivity index (χ0) is 14.7. The van der Waals surface area contributed by atoms with Crippen LogP contribution in [0.4, 0.5) is 0 Å². The van der Waals surface area contributed by atoms with Crippen LogP contribution in [0, 0.1) is 0 Å². The molecule has 110 valence electrons. The van der Waals surface area contributed by atoms with E-state index in [1.165, 1.54) is 15.8 Å². The number of thiophene rings is 1. The molecule has 2 aromatic heterocycles. The van der Waals surface area contributed by atoms with Crippen LogP contribution in [-0.2, 0) is 6.42 Å². The number of furan rings is 1. The summed E-state index contributed by atoms with van der Waals surface area (Å²) >= 11 is 7.69. The highest BCUT2D eigenvalue weighted by Gasteiger charge is 2.17. The van der Waals surface area contributed by atoms with Gasteiger partial charge >= 0.3 is 0 Å². The highest BCUT2D eigenvalue weighted by Crippen LogP contribution is 2.31. The minimum absolute atomic E-state index is 0.253. The van der Waals surface area contributed by atoms with Crippen molar-refractivity contribution < 1.29 is 4.42 Å². The van der Waals surface area contributed by atoms with E-state index in [1.807, 2.05) is 24.5 Å². The highest BCUT2D eigenvalue weighted by molar-refractivity contribution is 7.16. The van der Waals surface area contributed by atoms with Crippen LogP contribution in [0.1, 0.15) is 29.8 Å². The standard InChI is InChI=1S/C17H18ClNOS/c1-2-9-19-15(10-12-7-8-17(18)21-12)14-11-20-16-6-4-3-5-13(14)16/h3-8,11,15,19H,2,9-10H2,1H3. The average Bonchev–Trinajstić information content (AvgIpc) is 3.09. The maximum absolute atomic E-state index is 6.05. The molecule has 1 aromatic carbocycles. The quantitative estimate of drug-likeness (QED) is 0.655. The summed E-state index contributed by atoms with van der Waals surface area (Å²) in [5, 5.41) is 4.81. The Hall–Kier alpha value is -1.29. The molecular formula is C17H18ClNOS. The van der Waals surface area contributed by atoms with Gasteiger partial charge in [0.15, 0.2) is 0 Å². The Kier molecular flexibility index (Phi) is 4.63. The van der Waals surface area contributed by atoms with E-state index < -0.39 is 0 Å². The van der Waals surface area contributed by atoms with Gasteiger partial charge in [-0.05, 0) is 31.2 Å². The van der Waals surface area contributed by atoms with Gasteiger partial charge < -0.3 is 9.73 Å². The second-order valence-electron chi connectivity index (χ2n) is 5.10. The minimum Gasteiger partial charge on any atom is -0.464 e. The minimum atomic E-state index is 0.253. The van der Waals surface area contributed by atoms with Crippen molar-refractivity contribution in [3.05, 3.63) is 57.4 Å². The number of hydrogen-bond acceptors (Lipinski definition) is 3. The van der Waals surface area contributed by atoms with Crippen molar-refractivity contribution in [3.8, 4) is 0 Å². The molecule has 0 fully saturated rings. The molecule has 0 aliphatic rings. The lowest BCUT2D eigenvalue weighted by atomic mass is 10.0. The molecule has 2 nitrogen and oxygen atoms in total. The lowest BCUT2D eigenvalue weighted by molar-refractivity contribution is 0.522. The summed E-state index contributed by atoms with van der Waals surface area (Å²) in [6.45, 7) is 3.17. The molecule has 1 unspecified atom stereocenters. The molecule has 21 heavy (non-hydrogen) atoms. The highest BCUT2D eigenvalue weighted by atomic mass is 35.5. The van der Waals surface area contributed by atoms with Crippen molar-refractivity contribution in [2.24, 2.45) is 0 Å². The Morgan fingerprint density at radius 3 is 2.86 bits per heavy atom. The van der Waals surface area contributed by atoms with Gasteiger partial charge in [0.25, 0.3) is 0 Å². The largest absolute Gasteiger partial charge is 0.464 e. The molecule has 0 aliphatic heterocycles. The molecule has 0 bridgehead atoms. The van der Waals surface area contributed by atoms with Gasteiger partial charge in [-0.3, -0.25) is 0 Å². The molecule has 3 rings (SSSR count). The van der Waals surface area contributed by atoms with Crippen molar-refractivity contribution in [3.63, 3.8) is 0 Å². The van der Waals surface area contributed by atoms with Crippen LogP contribution in [0.3, 0.4) is 0 Å². The van der Waals surface area contributed by atoms with E-state index in [1.54, 1.807) is 11.3 Å². The van der Waals surface area contributed by atoms with Crippen molar-refractivity contribution in [2.75, 3.05) is 6.54 Å². The molecule has 0 aliphatic carbocycles. The molecule has 0 amide bonds. The van der Waals surface area contributed by atoms with E-state index in [2.05, 4.69) is 30.4 Å². The SMILES string of the molecule is CCCNC(Cc1ccc(Cl)s1)c1coc2ccccc12. The number of benzene rings is 1. The van der Waals surface area contributed by atoms with Gasteiger partial charge in [-0.25, -0.2) is 0 Å². The fraction of sp³-hybridized carbons (Fsp3) is 0.294. The summed E-state index contributed by atoms with van der Waals surface area (Å²) in [5.41, 5.74) is 2.17. The molecule has 4 heteroatoms. The maximum atomic E-state index is 6.05. The Morgan fingerprint density at radius 2 is 2.10 bits per heavy atom. The number of rotatable bonds is 6. The number of halogens is 1. The Balaban J connectivity index is 1.91. The molecule has 1 N–H and O–H groups in total. The maximum Gasteiger partial charge on any atom is 0.134 e. The van der Waals surface area contributed by atoms with Gasteiger partial charge in [-0.1, -0.05) is 36.7 Å². The van der Waals surface area contributed by atoms with Crippen LogP contribution < -0.4 is 5.32 Å². The summed E-state index contributed by atoms with van der Waals surface area (Å²) in [6, 6.07) is 12.5. The molecule has 2 heterocycles. The predicted molar refractivity (Wildman–Crippen MR) is 90.3 cm³/mol. The third kappa shape index (κ3) is 3.31. The fourth-order valence-electron chi connectivity index (χ4n) is 2.54. The molecule has 0 spiro atoms. The lowest BCUT2D eigenvalue weighted by Gasteiger charge is -2.17. The first kappa shape index (κ1) is 14.6. The molecule has 0 saturated carbocycles. The number of para-hydroxylation sites is 1. The van der Waals surface area contributed by atoms with E-state index in [-0.39, 0.29) is 6.04 Å². The number of hydrogen-bond donors (Lipinski definition) is 1. The molecule has 3 aromatic rings. The lowest BCUT2D eigenvalue weighted by Crippen LogP contribution is -2.23. The van der Waals surface area contributed by atoms with Gasteiger partial charge in [-0.2, -0.15) is 0 Å². The summed E-state index contributed by atoms with van der Waals surface area (Å²) in [4.78, 5) is 1.29. The molecule has 0 saturated heterocycles. The summed E-state index contributed by atoms with van der Waals surface area (Å²) in [6.07, 6.45) is 3.92. The van der Waals surface area contributed by atoms with Crippen LogP contribution in [0.15, 0.2) is 47.1 Å². The molecule has 1 atom stereocenters. The molecule has 0 radical (unpaired) electrons. The second kappa shape index (κ2) is 6.65. The van der Waals surface area contributed by atoms with Gasteiger partial charge in [-0.15, -0.1) is 11.3 Å².